The molecule has 6 rings (SSSR count). The molecular weight excluding hydrogens is 629 g/mol. The van der Waals surface area contributed by atoms with Crippen molar-refractivity contribution in [2.45, 2.75) is 24.2 Å². The molecule has 244 valence electrons. The minimum atomic E-state index is -0.295. The number of benzene rings is 4. The van der Waals surface area contributed by atoms with Gasteiger partial charge in [-0.15, -0.1) is 10.2 Å². The molecule has 1 aromatic heterocycles. The Bertz CT molecular complexity index is 1890. The Balaban J connectivity index is 1.22. The normalized spacial score (nSPS) is 13.9. The highest BCUT2D eigenvalue weighted by Crippen LogP contribution is 2.35. The first-order chi connectivity index (χ1) is 23.5. The maximum absolute atomic E-state index is 13.9. The Morgan fingerprint density at radius 1 is 0.792 bits per heavy atom. The summed E-state index contributed by atoms with van der Waals surface area (Å²) in [5.74, 6) is 2.30. The molecule has 48 heavy (non-hydrogen) atoms. The number of nitrogens with zero attached hydrogens (tertiary/aromatic N) is 5. The number of rotatable bonds is 12. The van der Waals surface area contributed by atoms with Crippen LogP contribution in [-0.4, -0.2) is 64.4 Å². The SMILES string of the molecule is COc1ccc(C(=O)NCc2nnc(SCC(=O)N3N=C(c4ccc(OC)cc4)C[C@@H]3c3ccc(OC)cc3)n2-c2ccccc2)cc1. The van der Waals surface area contributed by atoms with E-state index in [1.54, 1.807) is 50.6 Å². The minimum Gasteiger partial charge on any atom is -0.497 e. The fourth-order valence-corrected chi connectivity index (χ4v) is 6.15. The molecule has 2 amide bonds. The molecule has 0 bridgehead atoms. The quantitative estimate of drug-likeness (QED) is 0.169. The summed E-state index contributed by atoms with van der Waals surface area (Å²) in [4.78, 5) is 26.8. The van der Waals surface area contributed by atoms with Crippen LogP contribution in [0.3, 0.4) is 0 Å². The molecule has 0 fully saturated rings. The smallest absolute Gasteiger partial charge is 0.253 e. The summed E-state index contributed by atoms with van der Waals surface area (Å²) >= 11 is 1.26. The number of hydrazone groups is 1. The molecule has 0 saturated heterocycles. The van der Waals surface area contributed by atoms with Crippen molar-refractivity contribution in [3.05, 3.63) is 126 Å². The first-order valence-electron chi connectivity index (χ1n) is 15.2. The number of thioether (sulfide) groups is 1. The maximum atomic E-state index is 13.9. The molecule has 0 radical (unpaired) electrons. The van der Waals surface area contributed by atoms with Gasteiger partial charge in [-0.1, -0.05) is 42.1 Å². The number of carbonyl (C=O) groups is 2. The molecule has 4 aromatic carbocycles. The number of amides is 2. The highest BCUT2D eigenvalue weighted by Gasteiger charge is 2.33. The van der Waals surface area contributed by atoms with Crippen LogP contribution in [0.2, 0.25) is 0 Å². The number of aromatic nitrogens is 3. The van der Waals surface area contributed by atoms with Crippen molar-refractivity contribution in [1.82, 2.24) is 25.1 Å². The summed E-state index contributed by atoms with van der Waals surface area (Å²) in [6.07, 6.45) is 0.549. The van der Waals surface area contributed by atoms with Gasteiger partial charge in [-0.3, -0.25) is 14.2 Å². The third kappa shape index (κ3) is 7.18. The summed E-state index contributed by atoms with van der Waals surface area (Å²) in [6.45, 7) is 0.127. The van der Waals surface area contributed by atoms with Gasteiger partial charge in [-0.2, -0.15) is 5.10 Å². The Morgan fingerprint density at radius 3 is 2.02 bits per heavy atom. The molecule has 0 aliphatic carbocycles. The molecule has 2 heterocycles. The number of carbonyl (C=O) groups excluding carboxylic acids is 2. The Hall–Kier alpha value is -5.62. The number of hydrogen-bond donors (Lipinski definition) is 1. The molecule has 11 nitrogen and oxygen atoms in total. The first-order valence-corrected chi connectivity index (χ1v) is 16.2. The van der Waals surface area contributed by atoms with E-state index < -0.39 is 0 Å². The van der Waals surface area contributed by atoms with E-state index in [2.05, 4.69) is 15.5 Å². The van der Waals surface area contributed by atoms with Gasteiger partial charge in [0.25, 0.3) is 11.8 Å². The van der Waals surface area contributed by atoms with Gasteiger partial charge in [-0.25, -0.2) is 5.01 Å². The summed E-state index contributed by atoms with van der Waals surface area (Å²) < 4.78 is 17.7. The zero-order valence-corrected chi connectivity index (χ0v) is 27.5. The Labute approximate surface area is 282 Å². The molecule has 5 aromatic rings. The van der Waals surface area contributed by atoms with Gasteiger partial charge in [0.1, 0.15) is 17.2 Å². The van der Waals surface area contributed by atoms with Crippen LogP contribution in [0.4, 0.5) is 0 Å². The average Bonchev–Trinajstić information content (AvgIpc) is 3.78. The van der Waals surface area contributed by atoms with Crippen LogP contribution in [0.5, 0.6) is 17.2 Å². The van der Waals surface area contributed by atoms with Crippen molar-refractivity contribution < 1.29 is 23.8 Å². The molecule has 0 saturated carbocycles. The summed E-state index contributed by atoms with van der Waals surface area (Å²) in [7, 11) is 4.82. The lowest BCUT2D eigenvalue weighted by atomic mass is 9.98. The van der Waals surface area contributed by atoms with E-state index in [-0.39, 0.29) is 30.2 Å². The highest BCUT2D eigenvalue weighted by molar-refractivity contribution is 7.99. The minimum absolute atomic E-state index is 0.0647. The molecular formula is C36H34N6O5S. The lowest BCUT2D eigenvalue weighted by Gasteiger charge is -2.22. The number of ether oxygens (including phenoxy) is 3. The van der Waals surface area contributed by atoms with Crippen molar-refractivity contribution in [2.24, 2.45) is 5.10 Å². The summed E-state index contributed by atoms with van der Waals surface area (Å²) in [6, 6.07) is 31.5. The predicted octanol–water partition coefficient (Wildman–Crippen LogP) is 5.69. The summed E-state index contributed by atoms with van der Waals surface area (Å²) in [5, 5.41) is 18.6. The molecule has 1 aliphatic rings. The van der Waals surface area contributed by atoms with Gasteiger partial charge in [-0.05, 0) is 83.9 Å². The predicted molar refractivity (Wildman–Crippen MR) is 183 cm³/mol. The van der Waals surface area contributed by atoms with E-state index in [1.165, 1.54) is 11.8 Å². The van der Waals surface area contributed by atoms with Crippen molar-refractivity contribution in [3.8, 4) is 22.9 Å². The topological polar surface area (TPSA) is 120 Å². The van der Waals surface area contributed by atoms with Gasteiger partial charge in [0.2, 0.25) is 0 Å². The van der Waals surface area contributed by atoms with E-state index >= 15 is 0 Å². The number of hydrogen-bond acceptors (Lipinski definition) is 9. The number of methoxy groups -OCH3 is 3. The van der Waals surface area contributed by atoms with Crippen LogP contribution < -0.4 is 19.5 Å². The standard InChI is InChI=1S/C36H34N6O5S/c1-45-28-15-9-24(10-16-28)31-21-32(25-11-17-29(46-2)18-12-25)42(40-31)34(43)23-48-36-39-38-33(41(36)27-7-5-4-6-8-27)22-37-35(44)26-13-19-30(47-3)20-14-26/h4-20,32H,21-23H2,1-3H3,(H,37,44)/t32-/m1/s1. The molecule has 1 N–H and O–H groups in total. The van der Waals surface area contributed by atoms with E-state index in [0.717, 1.165) is 34.0 Å². The van der Waals surface area contributed by atoms with E-state index in [0.29, 0.717) is 28.7 Å². The molecule has 1 atom stereocenters. The molecule has 12 heteroatoms. The maximum Gasteiger partial charge on any atom is 0.253 e. The van der Waals surface area contributed by atoms with Crippen LogP contribution >= 0.6 is 11.8 Å². The average molecular weight is 663 g/mol. The second-order valence-corrected chi connectivity index (χ2v) is 11.7. The lowest BCUT2D eigenvalue weighted by molar-refractivity contribution is -0.130. The van der Waals surface area contributed by atoms with Crippen LogP contribution in [0.25, 0.3) is 5.69 Å². The summed E-state index contributed by atoms with van der Waals surface area (Å²) in [5.41, 5.74) is 3.97. The largest absolute Gasteiger partial charge is 0.497 e. The van der Waals surface area contributed by atoms with E-state index in [9.17, 15) is 9.59 Å². The Morgan fingerprint density at radius 2 is 1.40 bits per heavy atom. The first kappa shape index (κ1) is 32.3. The third-order valence-corrected chi connectivity index (χ3v) is 8.80. The highest BCUT2D eigenvalue weighted by atomic mass is 32.2. The fraction of sp³-hybridized carbons (Fsp3) is 0.194. The van der Waals surface area contributed by atoms with Gasteiger partial charge in [0.05, 0.1) is 45.4 Å². The van der Waals surface area contributed by atoms with Gasteiger partial charge < -0.3 is 19.5 Å². The van der Waals surface area contributed by atoms with Gasteiger partial charge >= 0.3 is 0 Å². The van der Waals surface area contributed by atoms with Crippen LogP contribution in [0, 0.1) is 0 Å². The second kappa shape index (κ2) is 14.9. The molecule has 0 spiro atoms. The van der Waals surface area contributed by atoms with Crippen molar-refractivity contribution >= 4 is 29.3 Å². The molecule has 1 aliphatic heterocycles. The van der Waals surface area contributed by atoms with Gasteiger partial charge in [0, 0.05) is 17.7 Å². The second-order valence-electron chi connectivity index (χ2n) is 10.8. The fourth-order valence-electron chi connectivity index (χ4n) is 5.32. The number of para-hydroxylation sites is 1. The van der Waals surface area contributed by atoms with Crippen LogP contribution in [-0.2, 0) is 11.3 Å². The van der Waals surface area contributed by atoms with E-state index in [1.807, 2.05) is 83.4 Å². The van der Waals surface area contributed by atoms with Crippen molar-refractivity contribution in [3.63, 3.8) is 0 Å². The number of nitrogens with one attached hydrogen (secondary N) is 1. The lowest BCUT2D eigenvalue weighted by Crippen LogP contribution is -2.28. The van der Waals surface area contributed by atoms with Crippen LogP contribution in [0.15, 0.2) is 113 Å². The van der Waals surface area contributed by atoms with Crippen molar-refractivity contribution in [1.29, 1.82) is 0 Å². The zero-order chi connectivity index (χ0) is 33.5. The van der Waals surface area contributed by atoms with Crippen molar-refractivity contribution in [2.75, 3.05) is 27.1 Å². The van der Waals surface area contributed by atoms with Gasteiger partial charge in [0.15, 0.2) is 11.0 Å². The van der Waals surface area contributed by atoms with Crippen LogP contribution in [0.1, 0.15) is 39.8 Å². The zero-order valence-electron chi connectivity index (χ0n) is 26.7. The third-order valence-electron chi connectivity index (χ3n) is 7.89. The monoisotopic (exact) mass is 662 g/mol. The molecule has 0 unspecified atom stereocenters. The Kier molecular flexibility index (Phi) is 10.0. The van der Waals surface area contributed by atoms with E-state index in [4.69, 9.17) is 19.3 Å².